The van der Waals surface area contributed by atoms with Crippen LogP contribution in [0, 0.1) is 0 Å². The Hall–Kier alpha value is -3.08. The summed E-state index contributed by atoms with van der Waals surface area (Å²) in [7, 11) is 0. The summed E-state index contributed by atoms with van der Waals surface area (Å²) in [6, 6.07) is 10.9. The molecule has 0 aliphatic carbocycles. The number of H-pyrrole nitrogens is 1. The number of thioether (sulfide) groups is 1. The number of fused-ring (bicyclic) bond motifs is 1. The summed E-state index contributed by atoms with van der Waals surface area (Å²) in [6.45, 7) is 1.92. The first-order valence-corrected chi connectivity index (χ1v) is 11.3. The van der Waals surface area contributed by atoms with E-state index < -0.39 is 0 Å². The average molecular weight is 471 g/mol. The second-order valence-electron chi connectivity index (χ2n) is 6.67. The quantitative estimate of drug-likeness (QED) is 0.282. The third-order valence-electron chi connectivity index (χ3n) is 4.70. The van der Waals surface area contributed by atoms with Crippen LogP contribution >= 0.6 is 34.7 Å². The lowest BCUT2D eigenvalue weighted by Crippen LogP contribution is -2.14. The number of benzene rings is 1. The van der Waals surface area contributed by atoms with Crippen molar-refractivity contribution < 1.29 is 4.42 Å². The van der Waals surface area contributed by atoms with Crippen LogP contribution in [0.1, 0.15) is 18.0 Å². The van der Waals surface area contributed by atoms with Gasteiger partial charge in [0.1, 0.15) is 16.4 Å². The van der Waals surface area contributed by atoms with Gasteiger partial charge in [0, 0.05) is 16.5 Å². The van der Waals surface area contributed by atoms with Gasteiger partial charge in [-0.1, -0.05) is 35.5 Å². The average Bonchev–Trinajstić information content (AvgIpc) is 3.49. The molecular weight excluding hydrogens is 456 g/mol. The van der Waals surface area contributed by atoms with Gasteiger partial charge in [-0.15, -0.1) is 21.5 Å². The van der Waals surface area contributed by atoms with Crippen LogP contribution in [0.2, 0.25) is 5.02 Å². The molecule has 1 atom stereocenters. The maximum atomic E-state index is 12.8. The predicted molar refractivity (Wildman–Crippen MR) is 123 cm³/mol. The van der Waals surface area contributed by atoms with E-state index in [1.54, 1.807) is 18.4 Å². The summed E-state index contributed by atoms with van der Waals surface area (Å²) in [5.41, 5.74) is 1.21. The number of thiophene rings is 1. The Balaban J connectivity index is 1.46. The van der Waals surface area contributed by atoms with E-state index in [1.165, 1.54) is 27.8 Å². The molecule has 3 N–H and O–H groups in total. The minimum Gasteiger partial charge on any atom is -0.464 e. The molecule has 5 aromatic rings. The first kappa shape index (κ1) is 19.9. The Morgan fingerprint density at radius 2 is 2.06 bits per heavy atom. The van der Waals surface area contributed by atoms with Gasteiger partial charge in [0.15, 0.2) is 5.82 Å². The van der Waals surface area contributed by atoms with Crippen molar-refractivity contribution in [3.63, 3.8) is 0 Å². The molecule has 0 saturated carbocycles. The van der Waals surface area contributed by atoms with Gasteiger partial charge >= 0.3 is 0 Å². The molecular formula is C20H15ClN6O2S2. The smallest absolute Gasteiger partial charge is 0.260 e. The molecule has 0 aliphatic heterocycles. The first-order valence-electron chi connectivity index (χ1n) is 9.20. The molecule has 0 aliphatic rings. The number of nitrogen functional groups attached to an aromatic ring is 1. The maximum Gasteiger partial charge on any atom is 0.260 e. The molecule has 0 bridgehead atoms. The highest BCUT2D eigenvalue weighted by Crippen LogP contribution is 2.36. The number of hydrogen-bond acceptors (Lipinski definition) is 8. The number of rotatable bonds is 5. The van der Waals surface area contributed by atoms with Crippen molar-refractivity contribution in [3.8, 4) is 22.7 Å². The molecule has 8 nitrogen and oxygen atoms in total. The summed E-state index contributed by atoms with van der Waals surface area (Å²) in [5, 5.41) is 11.5. The van der Waals surface area contributed by atoms with Crippen LogP contribution in [0.15, 0.2) is 62.4 Å². The van der Waals surface area contributed by atoms with Crippen LogP contribution in [-0.2, 0) is 0 Å². The molecule has 1 unspecified atom stereocenters. The highest BCUT2D eigenvalue weighted by atomic mass is 35.5. The number of nitrogens with zero attached hydrogens (tertiary/aromatic N) is 4. The normalized spacial score (nSPS) is 12.5. The number of nitrogens with one attached hydrogen (secondary N) is 1. The van der Waals surface area contributed by atoms with Gasteiger partial charge in [0.25, 0.3) is 5.56 Å². The van der Waals surface area contributed by atoms with Crippen molar-refractivity contribution in [2.45, 2.75) is 17.3 Å². The number of hydrogen-bond donors (Lipinski definition) is 2. The third-order valence-corrected chi connectivity index (χ3v) is 6.96. The Labute approximate surface area is 189 Å². The van der Waals surface area contributed by atoms with Gasteiger partial charge < -0.3 is 15.2 Å². The van der Waals surface area contributed by atoms with Crippen LogP contribution in [0.5, 0.6) is 0 Å². The van der Waals surface area contributed by atoms with Crippen molar-refractivity contribution in [2.24, 2.45) is 0 Å². The minimum atomic E-state index is -0.225. The van der Waals surface area contributed by atoms with Crippen molar-refractivity contribution in [1.82, 2.24) is 24.8 Å². The molecule has 31 heavy (non-hydrogen) atoms. The van der Waals surface area contributed by atoms with E-state index >= 15 is 0 Å². The van der Waals surface area contributed by atoms with E-state index in [-0.39, 0.29) is 10.8 Å². The van der Waals surface area contributed by atoms with E-state index in [4.69, 9.17) is 21.9 Å². The highest BCUT2D eigenvalue weighted by molar-refractivity contribution is 7.99. The molecule has 0 fully saturated rings. The van der Waals surface area contributed by atoms with Crippen LogP contribution in [-0.4, -0.2) is 24.8 Å². The molecule has 1 aromatic carbocycles. The van der Waals surface area contributed by atoms with Crippen LogP contribution < -0.4 is 11.4 Å². The van der Waals surface area contributed by atoms with E-state index in [0.29, 0.717) is 43.4 Å². The van der Waals surface area contributed by atoms with Gasteiger partial charge in [-0.2, -0.15) is 0 Å². The minimum absolute atomic E-state index is 0.217. The fourth-order valence-electron chi connectivity index (χ4n) is 3.17. The standard InChI is InChI=1S/C20H15ClN6O2S2/c1-10(31-20-26-25-17(27(20)22)11-5-2-3-6-13(11)21)16-23-18(28)15-12(9-30-19(15)24-16)14-7-4-8-29-14/h2-10H,22H2,1H3,(H,23,24,28). The second kappa shape index (κ2) is 7.88. The zero-order valence-electron chi connectivity index (χ0n) is 16.1. The van der Waals surface area contributed by atoms with Crippen LogP contribution in [0.4, 0.5) is 0 Å². The molecule has 0 spiro atoms. The second-order valence-corrected chi connectivity index (χ2v) is 9.25. The molecule has 11 heteroatoms. The molecule has 5 rings (SSSR count). The van der Waals surface area contributed by atoms with Gasteiger partial charge in [-0.25, -0.2) is 9.66 Å². The Bertz CT molecular complexity index is 1440. The summed E-state index contributed by atoms with van der Waals surface area (Å²) < 4.78 is 6.83. The van der Waals surface area contributed by atoms with E-state index in [1.807, 2.05) is 36.6 Å². The number of aromatic nitrogens is 5. The van der Waals surface area contributed by atoms with Gasteiger partial charge in [-0.05, 0) is 31.2 Å². The number of halogens is 1. The van der Waals surface area contributed by atoms with Gasteiger partial charge in [0.05, 0.1) is 21.9 Å². The number of aromatic amines is 1. The third kappa shape index (κ3) is 3.52. The Kier molecular flexibility index (Phi) is 5.05. The lowest BCUT2D eigenvalue weighted by Gasteiger charge is -2.10. The van der Waals surface area contributed by atoms with Crippen molar-refractivity contribution >= 4 is 44.9 Å². The Morgan fingerprint density at radius 1 is 1.23 bits per heavy atom. The summed E-state index contributed by atoms with van der Waals surface area (Å²) in [6.07, 6.45) is 1.58. The van der Waals surface area contributed by atoms with E-state index in [2.05, 4.69) is 20.2 Å². The lowest BCUT2D eigenvalue weighted by molar-refractivity contribution is 0.583. The number of nitrogens with two attached hydrogens (primary N) is 1. The molecule has 156 valence electrons. The van der Waals surface area contributed by atoms with Gasteiger partial charge in [-0.3, -0.25) is 4.79 Å². The molecule has 0 saturated heterocycles. The molecule has 4 heterocycles. The summed E-state index contributed by atoms with van der Waals surface area (Å²) in [4.78, 5) is 21.0. The Morgan fingerprint density at radius 3 is 2.84 bits per heavy atom. The monoisotopic (exact) mass is 470 g/mol. The van der Waals surface area contributed by atoms with Crippen LogP contribution in [0.25, 0.3) is 32.9 Å². The number of furan rings is 1. The zero-order chi connectivity index (χ0) is 21.5. The first-order chi connectivity index (χ1) is 15.0. The molecule has 4 aromatic heterocycles. The van der Waals surface area contributed by atoms with Gasteiger partial charge in [0.2, 0.25) is 5.16 Å². The lowest BCUT2D eigenvalue weighted by atomic mass is 10.2. The van der Waals surface area contributed by atoms with Crippen molar-refractivity contribution in [3.05, 3.63) is 69.2 Å². The summed E-state index contributed by atoms with van der Waals surface area (Å²) >= 11 is 8.99. The topological polar surface area (TPSA) is 116 Å². The summed E-state index contributed by atoms with van der Waals surface area (Å²) in [5.74, 6) is 7.84. The maximum absolute atomic E-state index is 12.8. The van der Waals surface area contributed by atoms with E-state index in [9.17, 15) is 4.79 Å². The molecule has 0 radical (unpaired) electrons. The van der Waals surface area contributed by atoms with Crippen molar-refractivity contribution in [1.29, 1.82) is 0 Å². The zero-order valence-corrected chi connectivity index (χ0v) is 18.5. The van der Waals surface area contributed by atoms with Crippen LogP contribution in [0.3, 0.4) is 0 Å². The van der Waals surface area contributed by atoms with Crippen molar-refractivity contribution in [2.75, 3.05) is 5.84 Å². The predicted octanol–water partition coefficient (Wildman–Crippen LogP) is 4.72. The SMILES string of the molecule is CC(Sc1nnc(-c2ccccc2Cl)n1N)c1nc2scc(-c3ccco3)c2c(=O)[nH]1. The van der Waals surface area contributed by atoms with E-state index in [0.717, 1.165) is 5.56 Å². The fraction of sp³-hybridized carbons (Fsp3) is 0.100. The highest BCUT2D eigenvalue weighted by Gasteiger charge is 2.21. The molecule has 0 amide bonds. The fourth-order valence-corrected chi connectivity index (χ4v) is 5.15. The largest absolute Gasteiger partial charge is 0.464 e.